The molecule has 128 valence electrons. The zero-order chi connectivity index (χ0) is 17.6. The number of carbonyl (C=O) groups excluding carboxylic acids is 1. The Bertz CT molecular complexity index is 896. The summed E-state index contributed by atoms with van der Waals surface area (Å²) in [5.41, 5.74) is 1.06. The molecular formula is C20H20N2O3. The van der Waals surface area contributed by atoms with Crippen LogP contribution in [0.5, 0.6) is 0 Å². The first kappa shape index (κ1) is 16.8. The molecule has 5 nitrogen and oxygen atoms in total. The topological polar surface area (TPSA) is 64.2 Å². The fraction of sp³-hybridized carbons (Fsp3) is 0.200. The monoisotopic (exact) mass is 336 g/mol. The standard InChI is InChI=1S/C20H20N2O3/c1-15(16-7-3-2-4-8-16)13-21-20(24)18-11-10-17(25-18)14-22-12-6-5-9-19(22)23/h2-12,15H,13-14H2,1H3,(H,21,24). The molecule has 5 heteroatoms. The predicted molar refractivity (Wildman–Crippen MR) is 95.7 cm³/mol. The van der Waals surface area contributed by atoms with Crippen LogP contribution in [-0.4, -0.2) is 17.0 Å². The number of rotatable bonds is 6. The quantitative estimate of drug-likeness (QED) is 0.752. The van der Waals surface area contributed by atoms with Crippen molar-refractivity contribution < 1.29 is 9.21 Å². The van der Waals surface area contributed by atoms with Gasteiger partial charge in [0.05, 0.1) is 6.54 Å². The Kier molecular flexibility index (Phi) is 5.14. The third kappa shape index (κ3) is 4.26. The number of amides is 1. The average molecular weight is 336 g/mol. The average Bonchev–Trinajstić information content (AvgIpc) is 3.11. The van der Waals surface area contributed by atoms with Crippen molar-refractivity contribution in [3.63, 3.8) is 0 Å². The Morgan fingerprint density at radius 3 is 2.60 bits per heavy atom. The molecule has 25 heavy (non-hydrogen) atoms. The summed E-state index contributed by atoms with van der Waals surface area (Å²) in [7, 11) is 0. The maximum atomic E-state index is 12.2. The minimum Gasteiger partial charge on any atom is -0.454 e. The van der Waals surface area contributed by atoms with Gasteiger partial charge in [0.2, 0.25) is 0 Å². The third-order valence-electron chi connectivity index (χ3n) is 4.05. The molecule has 1 aromatic carbocycles. The van der Waals surface area contributed by atoms with Gasteiger partial charge in [-0.2, -0.15) is 0 Å². The molecule has 3 rings (SSSR count). The van der Waals surface area contributed by atoms with E-state index in [2.05, 4.69) is 12.2 Å². The van der Waals surface area contributed by atoms with Crippen molar-refractivity contribution in [2.75, 3.05) is 6.54 Å². The van der Waals surface area contributed by atoms with Gasteiger partial charge in [0, 0.05) is 18.8 Å². The molecule has 0 saturated heterocycles. The number of nitrogens with one attached hydrogen (secondary N) is 1. The van der Waals surface area contributed by atoms with E-state index >= 15 is 0 Å². The van der Waals surface area contributed by atoms with Crippen LogP contribution in [0.3, 0.4) is 0 Å². The van der Waals surface area contributed by atoms with Gasteiger partial charge < -0.3 is 14.3 Å². The van der Waals surface area contributed by atoms with E-state index in [1.807, 2.05) is 30.3 Å². The molecule has 2 heterocycles. The van der Waals surface area contributed by atoms with Crippen LogP contribution in [-0.2, 0) is 6.54 Å². The van der Waals surface area contributed by atoms with Crippen LogP contribution in [0.4, 0.5) is 0 Å². The molecule has 1 atom stereocenters. The lowest BCUT2D eigenvalue weighted by Gasteiger charge is -2.12. The lowest BCUT2D eigenvalue weighted by atomic mass is 10.0. The van der Waals surface area contributed by atoms with E-state index in [1.54, 1.807) is 30.5 Å². The van der Waals surface area contributed by atoms with Gasteiger partial charge in [-0.25, -0.2) is 0 Å². The van der Waals surface area contributed by atoms with E-state index in [1.165, 1.54) is 16.2 Å². The Labute approximate surface area is 145 Å². The van der Waals surface area contributed by atoms with Crippen molar-refractivity contribution in [1.29, 1.82) is 0 Å². The summed E-state index contributed by atoms with van der Waals surface area (Å²) in [6, 6.07) is 18.3. The maximum Gasteiger partial charge on any atom is 0.287 e. The summed E-state index contributed by atoms with van der Waals surface area (Å²) in [5, 5.41) is 2.88. The van der Waals surface area contributed by atoms with E-state index < -0.39 is 0 Å². The fourth-order valence-electron chi connectivity index (χ4n) is 2.58. The molecule has 0 bridgehead atoms. The Morgan fingerprint density at radius 2 is 1.84 bits per heavy atom. The Hall–Kier alpha value is -3.08. The molecule has 0 radical (unpaired) electrons. The second-order valence-corrected chi connectivity index (χ2v) is 5.95. The summed E-state index contributed by atoms with van der Waals surface area (Å²) in [4.78, 5) is 24.0. The molecule has 1 amide bonds. The SMILES string of the molecule is CC(CNC(=O)c1ccc(Cn2ccccc2=O)o1)c1ccccc1. The molecule has 0 saturated carbocycles. The molecule has 3 aromatic rings. The smallest absolute Gasteiger partial charge is 0.287 e. The van der Waals surface area contributed by atoms with Crippen molar-refractivity contribution in [3.8, 4) is 0 Å². The molecule has 0 aliphatic rings. The van der Waals surface area contributed by atoms with Crippen molar-refractivity contribution in [2.45, 2.75) is 19.4 Å². The van der Waals surface area contributed by atoms with Crippen LogP contribution in [0.15, 0.2) is 76.1 Å². The van der Waals surface area contributed by atoms with Crippen LogP contribution in [0.2, 0.25) is 0 Å². The molecular weight excluding hydrogens is 316 g/mol. The number of pyridine rings is 1. The van der Waals surface area contributed by atoms with Gasteiger partial charge >= 0.3 is 0 Å². The maximum absolute atomic E-state index is 12.2. The van der Waals surface area contributed by atoms with Crippen LogP contribution in [0.1, 0.15) is 34.7 Å². The Morgan fingerprint density at radius 1 is 1.08 bits per heavy atom. The molecule has 2 aromatic heterocycles. The normalized spacial score (nSPS) is 11.9. The van der Waals surface area contributed by atoms with Crippen molar-refractivity contribution in [3.05, 3.63) is 94.3 Å². The van der Waals surface area contributed by atoms with Crippen LogP contribution in [0, 0.1) is 0 Å². The first-order valence-corrected chi connectivity index (χ1v) is 8.21. The molecule has 1 unspecified atom stereocenters. The molecule has 0 aliphatic heterocycles. The Balaban J connectivity index is 1.59. The summed E-state index contributed by atoms with van der Waals surface area (Å²) in [5.74, 6) is 0.769. The minimum absolute atomic E-state index is 0.110. The number of hydrogen-bond donors (Lipinski definition) is 1. The predicted octanol–water partition coefficient (Wildman–Crippen LogP) is 3.02. The zero-order valence-corrected chi connectivity index (χ0v) is 14.0. The first-order valence-electron chi connectivity index (χ1n) is 8.21. The largest absolute Gasteiger partial charge is 0.454 e. The lowest BCUT2D eigenvalue weighted by molar-refractivity contribution is 0.0922. The number of carbonyl (C=O) groups is 1. The van der Waals surface area contributed by atoms with Crippen molar-refractivity contribution in [2.24, 2.45) is 0 Å². The zero-order valence-electron chi connectivity index (χ0n) is 14.0. The van der Waals surface area contributed by atoms with Gasteiger partial charge in [-0.05, 0) is 29.7 Å². The van der Waals surface area contributed by atoms with Crippen LogP contribution >= 0.6 is 0 Å². The van der Waals surface area contributed by atoms with Gasteiger partial charge in [-0.1, -0.05) is 43.3 Å². The molecule has 0 fully saturated rings. The fourth-order valence-corrected chi connectivity index (χ4v) is 2.58. The highest BCUT2D eigenvalue weighted by Crippen LogP contribution is 2.14. The van der Waals surface area contributed by atoms with E-state index in [-0.39, 0.29) is 23.1 Å². The van der Waals surface area contributed by atoms with Gasteiger partial charge in [0.15, 0.2) is 5.76 Å². The van der Waals surface area contributed by atoms with Crippen LogP contribution in [0.25, 0.3) is 0 Å². The van der Waals surface area contributed by atoms with E-state index in [0.29, 0.717) is 18.8 Å². The number of benzene rings is 1. The summed E-state index contributed by atoms with van der Waals surface area (Å²) in [6.07, 6.45) is 1.69. The van der Waals surface area contributed by atoms with E-state index in [9.17, 15) is 9.59 Å². The summed E-state index contributed by atoms with van der Waals surface area (Å²) >= 11 is 0. The lowest BCUT2D eigenvalue weighted by Crippen LogP contribution is -2.27. The second-order valence-electron chi connectivity index (χ2n) is 5.95. The number of aromatic nitrogens is 1. The highest BCUT2D eigenvalue weighted by atomic mass is 16.4. The molecule has 1 N–H and O–H groups in total. The summed E-state index contributed by atoms with van der Waals surface area (Å²) < 4.78 is 7.10. The minimum atomic E-state index is -0.255. The van der Waals surface area contributed by atoms with Gasteiger partial charge in [-0.15, -0.1) is 0 Å². The van der Waals surface area contributed by atoms with Gasteiger partial charge in [-0.3, -0.25) is 9.59 Å². The van der Waals surface area contributed by atoms with E-state index in [0.717, 1.165) is 0 Å². The van der Waals surface area contributed by atoms with Crippen molar-refractivity contribution in [1.82, 2.24) is 9.88 Å². The van der Waals surface area contributed by atoms with Crippen LogP contribution < -0.4 is 10.9 Å². The molecule has 0 aliphatic carbocycles. The highest BCUT2D eigenvalue weighted by Gasteiger charge is 2.13. The molecule has 0 spiro atoms. The van der Waals surface area contributed by atoms with Crippen molar-refractivity contribution >= 4 is 5.91 Å². The first-order chi connectivity index (χ1) is 12.1. The third-order valence-corrected chi connectivity index (χ3v) is 4.05. The van der Waals surface area contributed by atoms with E-state index in [4.69, 9.17) is 4.42 Å². The summed E-state index contributed by atoms with van der Waals surface area (Å²) in [6.45, 7) is 2.88. The van der Waals surface area contributed by atoms with Gasteiger partial charge in [0.1, 0.15) is 5.76 Å². The number of nitrogens with zero attached hydrogens (tertiary/aromatic N) is 1. The van der Waals surface area contributed by atoms with Gasteiger partial charge in [0.25, 0.3) is 11.5 Å². The highest BCUT2D eigenvalue weighted by molar-refractivity contribution is 5.91. The number of furan rings is 1. The second kappa shape index (κ2) is 7.66. The number of hydrogen-bond acceptors (Lipinski definition) is 3.